The van der Waals surface area contributed by atoms with Gasteiger partial charge in [0.1, 0.15) is 5.75 Å². The molecule has 0 saturated carbocycles. The van der Waals surface area contributed by atoms with Crippen molar-refractivity contribution in [3.63, 3.8) is 0 Å². The number of nitrogens with zero attached hydrogens (tertiary/aromatic N) is 2. The van der Waals surface area contributed by atoms with Crippen LogP contribution in [0.3, 0.4) is 0 Å². The molecule has 2 aliphatic rings. The summed E-state index contributed by atoms with van der Waals surface area (Å²) in [6.07, 6.45) is 0.721. The summed E-state index contributed by atoms with van der Waals surface area (Å²) < 4.78 is 7.41. The Morgan fingerprint density at radius 2 is 1.96 bits per heavy atom. The van der Waals surface area contributed by atoms with Crippen molar-refractivity contribution in [2.75, 3.05) is 0 Å². The zero-order chi connectivity index (χ0) is 16.8. The second-order valence-corrected chi connectivity index (χ2v) is 8.08. The Morgan fingerprint density at radius 3 is 2.76 bits per heavy atom. The van der Waals surface area contributed by atoms with Crippen molar-refractivity contribution in [1.82, 2.24) is 5.01 Å². The number of rotatable bonds is 2. The largest absolute Gasteiger partial charge is 0.464 e. The highest BCUT2D eigenvalue weighted by molar-refractivity contribution is 9.10. The second kappa shape index (κ2) is 6.00. The Hall–Kier alpha value is -2.11. The first-order valence-electron chi connectivity index (χ1n) is 8.20. The van der Waals surface area contributed by atoms with Crippen LogP contribution in [0.2, 0.25) is 0 Å². The van der Waals surface area contributed by atoms with Gasteiger partial charge in [-0.3, -0.25) is 0 Å². The molecular weight excluding hydrogens is 396 g/mol. The van der Waals surface area contributed by atoms with Gasteiger partial charge in [0.05, 0.1) is 16.6 Å². The van der Waals surface area contributed by atoms with E-state index < -0.39 is 0 Å². The molecule has 2 aromatic carbocycles. The van der Waals surface area contributed by atoms with E-state index in [9.17, 15) is 0 Å². The van der Waals surface area contributed by atoms with E-state index in [1.165, 1.54) is 16.0 Å². The lowest BCUT2D eigenvalue weighted by atomic mass is 9.96. The number of benzene rings is 2. The monoisotopic (exact) mass is 410 g/mol. The number of hydrazone groups is 1. The average Bonchev–Trinajstić information content (AvgIpc) is 3.32. The van der Waals surface area contributed by atoms with Gasteiger partial charge in [0.25, 0.3) is 0 Å². The van der Waals surface area contributed by atoms with Crippen LogP contribution in [0.4, 0.5) is 0 Å². The fourth-order valence-corrected chi connectivity index (χ4v) is 4.61. The number of thiophene rings is 1. The molecule has 0 amide bonds. The van der Waals surface area contributed by atoms with Gasteiger partial charge in [-0.25, -0.2) is 5.01 Å². The van der Waals surface area contributed by atoms with Gasteiger partial charge in [-0.1, -0.05) is 52.3 Å². The molecule has 3 aromatic rings. The molecule has 5 rings (SSSR count). The molecule has 0 bridgehead atoms. The molecule has 2 atom stereocenters. The topological polar surface area (TPSA) is 24.8 Å². The third-order valence-electron chi connectivity index (χ3n) is 4.65. The lowest BCUT2D eigenvalue weighted by Gasteiger charge is -2.37. The van der Waals surface area contributed by atoms with Crippen LogP contribution >= 0.6 is 27.3 Å². The normalized spacial score (nSPS) is 21.3. The summed E-state index contributed by atoms with van der Waals surface area (Å²) in [5, 5.41) is 9.18. The molecule has 0 saturated heterocycles. The van der Waals surface area contributed by atoms with Crippen LogP contribution in [0.5, 0.6) is 5.75 Å². The Bertz CT molecular complexity index is 940. The SMILES string of the molecule is Brc1ccc2c(c1)[C@H]1CC(c3ccccc3)=NN1[C@@H](c1cccs1)O2. The Labute approximate surface area is 158 Å². The number of halogens is 1. The summed E-state index contributed by atoms with van der Waals surface area (Å²) in [5.74, 6) is 0.951. The van der Waals surface area contributed by atoms with E-state index in [1.807, 2.05) is 12.1 Å². The average molecular weight is 411 g/mol. The fourth-order valence-electron chi connectivity index (χ4n) is 3.48. The van der Waals surface area contributed by atoms with E-state index in [2.05, 4.69) is 74.8 Å². The van der Waals surface area contributed by atoms with Gasteiger partial charge in [0.15, 0.2) is 0 Å². The molecule has 3 heterocycles. The summed E-state index contributed by atoms with van der Waals surface area (Å²) in [7, 11) is 0. The predicted molar refractivity (Wildman–Crippen MR) is 104 cm³/mol. The van der Waals surface area contributed by atoms with E-state index >= 15 is 0 Å². The first-order valence-corrected chi connectivity index (χ1v) is 9.87. The van der Waals surface area contributed by atoms with Crippen molar-refractivity contribution in [1.29, 1.82) is 0 Å². The molecule has 0 spiro atoms. The number of hydrogen-bond donors (Lipinski definition) is 0. The van der Waals surface area contributed by atoms with Gasteiger partial charge >= 0.3 is 0 Å². The van der Waals surface area contributed by atoms with Crippen LogP contribution in [-0.4, -0.2) is 10.7 Å². The molecule has 5 heteroatoms. The first-order chi connectivity index (χ1) is 12.3. The standard InChI is InChI=1S/C20H15BrN2OS/c21-14-8-9-18-15(11-14)17-12-16(13-5-2-1-3-6-13)22-23(17)20(24-18)19-7-4-10-25-19/h1-11,17,20H,12H2/t17-,20-/m1/s1. The van der Waals surface area contributed by atoms with Gasteiger partial charge in [0.2, 0.25) is 6.23 Å². The maximum atomic E-state index is 6.34. The number of ether oxygens (including phenoxy) is 1. The summed E-state index contributed by atoms with van der Waals surface area (Å²) in [4.78, 5) is 1.18. The van der Waals surface area contributed by atoms with E-state index in [-0.39, 0.29) is 12.3 Å². The van der Waals surface area contributed by atoms with Gasteiger partial charge in [-0.05, 0) is 35.2 Å². The van der Waals surface area contributed by atoms with Crippen LogP contribution in [0, 0.1) is 0 Å². The minimum Gasteiger partial charge on any atom is -0.464 e. The first kappa shape index (κ1) is 15.2. The van der Waals surface area contributed by atoms with Crippen molar-refractivity contribution in [3.05, 3.63) is 86.5 Å². The zero-order valence-corrected chi connectivity index (χ0v) is 15.7. The van der Waals surface area contributed by atoms with Gasteiger partial charge in [0, 0.05) is 16.5 Å². The second-order valence-electron chi connectivity index (χ2n) is 6.18. The number of fused-ring (bicyclic) bond motifs is 3. The van der Waals surface area contributed by atoms with Gasteiger partial charge in [-0.15, -0.1) is 11.3 Å². The molecule has 0 N–H and O–H groups in total. The molecule has 1 aromatic heterocycles. The third-order valence-corrected chi connectivity index (χ3v) is 6.04. The van der Waals surface area contributed by atoms with Crippen LogP contribution in [0.25, 0.3) is 0 Å². The molecule has 0 aliphatic carbocycles. The van der Waals surface area contributed by atoms with Gasteiger partial charge in [-0.2, -0.15) is 5.10 Å². The Balaban J connectivity index is 1.61. The van der Waals surface area contributed by atoms with Crippen molar-refractivity contribution in [3.8, 4) is 5.75 Å². The lowest BCUT2D eigenvalue weighted by Crippen LogP contribution is -2.33. The van der Waals surface area contributed by atoms with Crippen molar-refractivity contribution in [2.24, 2.45) is 5.10 Å². The molecule has 25 heavy (non-hydrogen) atoms. The highest BCUT2D eigenvalue weighted by atomic mass is 79.9. The van der Waals surface area contributed by atoms with E-state index in [0.717, 1.165) is 22.4 Å². The summed E-state index contributed by atoms with van der Waals surface area (Å²) in [6.45, 7) is 0. The maximum Gasteiger partial charge on any atom is 0.222 e. The van der Waals surface area contributed by atoms with Gasteiger partial charge < -0.3 is 4.74 Å². The predicted octanol–water partition coefficient (Wildman–Crippen LogP) is 5.75. The molecule has 0 radical (unpaired) electrons. The molecule has 0 fully saturated rings. The van der Waals surface area contributed by atoms with Crippen LogP contribution in [-0.2, 0) is 0 Å². The third kappa shape index (κ3) is 2.58. The summed E-state index contributed by atoms with van der Waals surface area (Å²) in [5.41, 5.74) is 3.49. The zero-order valence-electron chi connectivity index (χ0n) is 13.3. The Morgan fingerprint density at radius 1 is 1.08 bits per heavy atom. The lowest BCUT2D eigenvalue weighted by molar-refractivity contribution is -0.0166. The fraction of sp³-hybridized carbons (Fsp3) is 0.150. The summed E-state index contributed by atoms with van der Waals surface area (Å²) in [6, 6.07) is 21.0. The molecular formula is C20H15BrN2OS. The Kier molecular flexibility index (Phi) is 3.64. The summed E-state index contributed by atoms with van der Waals surface area (Å²) >= 11 is 5.30. The minimum absolute atomic E-state index is 0.167. The van der Waals surface area contributed by atoms with E-state index in [1.54, 1.807) is 11.3 Å². The molecule has 2 aliphatic heterocycles. The van der Waals surface area contributed by atoms with Crippen LogP contribution in [0.1, 0.15) is 34.7 Å². The van der Waals surface area contributed by atoms with E-state index in [0.29, 0.717) is 0 Å². The highest BCUT2D eigenvalue weighted by Crippen LogP contribution is 2.48. The van der Waals surface area contributed by atoms with Crippen LogP contribution in [0.15, 0.2) is 75.6 Å². The van der Waals surface area contributed by atoms with E-state index in [4.69, 9.17) is 9.84 Å². The quantitative estimate of drug-likeness (QED) is 0.536. The molecule has 124 valence electrons. The minimum atomic E-state index is -0.167. The number of hydrogen-bond acceptors (Lipinski definition) is 4. The van der Waals surface area contributed by atoms with Crippen molar-refractivity contribution >= 4 is 33.0 Å². The van der Waals surface area contributed by atoms with Crippen molar-refractivity contribution in [2.45, 2.75) is 18.7 Å². The van der Waals surface area contributed by atoms with Crippen LogP contribution < -0.4 is 4.74 Å². The molecule has 3 nitrogen and oxygen atoms in total. The smallest absolute Gasteiger partial charge is 0.222 e. The molecule has 0 unspecified atom stereocenters. The maximum absolute atomic E-state index is 6.34. The van der Waals surface area contributed by atoms with Crippen molar-refractivity contribution < 1.29 is 4.74 Å². The highest BCUT2D eigenvalue weighted by Gasteiger charge is 2.41.